The number of nitrogens with zero attached hydrogens (tertiary/aromatic N) is 2. The fourth-order valence-corrected chi connectivity index (χ4v) is 7.68. The van der Waals surface area contributed by atoms with Gasteiger partial charge < -0.3 is 26.2 Å². The summed E-state index contributed by atoms with van der Waals surface area (Å²) in [5, 5.41) is 11.2. The Bertz CT molecular complexity index is 1430. The first-order valence-corrected chi connectivity index (χ1v) is 18.3. The first-order chi connectivity index (χ1) is 23.4. The Morgan fingerprint density at radius 2 is 1.49 bits per heavy atom. The van der Waals surface area contributed by atoms with E-state index in [1.807, 2.05) is 55.4 Å². The number of ketones is 1. The summed E-state index contributed by atoms with van der Waals surface area (Å²) in [4.78, 5) is 96.7. The van der Waals surface area contributed by atoms with Crippen LogP contribution in [0, 0.1) is 39.4 Å². The molecule has 4 aliphatic rings. The number of Topliss-reactive ketones (excluding diaryl/α,β-unsaturated/α-hetero) is 1. The highest BCUT2D eigenvalue weighted by atomic mass is 16.2. The number of amides is 7. The van der Waals surface area contributed by atoms with Crippen molar-refractivity contribution in [2.75, 3.05) is 19.6 Å². The summed E-state index contributed by atoms with van der Waals surface area (Å²) in [6.45, 7) is 23.0. The van der Waals surface area contributed by atoms with Gasteiger partial charge in [0.25, 0.3) is 5.91 Å². The zero-order valence-electron chi connectivity index (χ0n) is 32.2. The molecule has 13 nitrogen and oxygen atoms in total. The van der Waals surface area contributed by atoms with Crippen LogP contribution in [0.4, 0.5) is 4.79 Å². The molecular formula is C38H60N6O7. The minimum Gasteiger partial charge on any atom is -0.346 e. The van der Waals surface area contributed by atoms with Crippen LogP contribution >= 0.6 is 0 Å². The monoisotopic (exact) mass is 712 g/mol. The third kappa shape index (κ3) is 9.18. The molecule has 6 atom stereocenters. The number of hydrogen-bond donors (Lipinski definition) is 4. The van der Waals surface area contributed by atoms with Crippen LogP contribution in [0.25, 0.3) is 0 Å². The molecule has 2 saturated heterocycles. The van der Waals surface area contributed by atoms with Gasteiger partial charge >= 0.3 is 6.03 Å². The molecule has 0 spiro atoms. The molecule has 2 aliphatic heterocycles. The summed E-state index contributed by atoms with van der Waals surface area (Å²) in [5.41, 5.74) is -1.96. The van der Waals surface area contributed by atoms with Gasteiger partial charge in [0.2, 0.25) is 29.4 Å². The van der Waals surface area contributed by atoms with Crippen LogP contribution in [-0.2, 0) is 28.8 Å². The molecule has 4 fully saturated rings. The Morgan fingerprint density at radius 1 is 0.902 bits per heavy atom. The van der Waals surface area contributed by atoms with Crippen LogP contribution in [0.5, 0.6) is 0 Å². The molecule has 0 aromatic heterocycles. The van der Waals surface area contributed by atoms with E-state index < -0.39 is 69.9 Å². The summed E-state index contributed by atoms with van der Waals surface area (Å²) in [6.07, 6.45) is 4.10. The maximum absolute atomic E-state index is 14.5. The van der Waals surface area contributed by atoms with Crippen molar-refractivity contribution >= 4 is 41.4 Å². The van der Waals surface area contributed by atoms with Crippen LogP contribution < -0.4 is 21.3 Å². The number of rotatable bonds is 13. The normalized spacial score (nSPS) is 25.6. The SMILES string of the molecule is C=CCNC(=O)C(=O)C(CC1CC1)NC(=O)[C@@H]1[C@@H]2[C@H](CN1C(=O)[C@@H](NC(=O)N[C@@H](CN1C(=O)CC(C)(C)CC1=O)C(C)(C)C)C(C)(C)C)C2(C)C. The van der Waals surface area contributed by atoms with Crippen molar-refractivity contribution in [2.24, 2.45) is 39.4 Å². The lowest BCUT2D eigenvalue weighted by atomic mass is 9.80. The van der Waals surface area contributed by atoms with E-state index in [1.54, 1.807) is 0 Å². The first kappa shape index (κ1) is 40.0. The second-order valence-corrected chi connectivity index (χ2v) is 18.7. The van der Waals surface area contributed by atoms with Crippen molar-refractivity contribution in [3.63, 3.8) is 0 Å². The van der Waals surface area contributed by atoms with Gasteiger partial charge in [0.15, 0.2) is 0 Å². The molecule has 4 N–H and O–H groups in total. The Kier molecular flexibility index (Phi) is 11.2. The number of nitrogens with one attached hydrogen (secondary N) is 4. The number of carbonyl (C=O) groups is 7. The maximum Gasteiger partial charge on any atom is 0.315 e. The average molecular weight is 713 g/mol. The van der Waals surface area contributed by atoms with Crippen LogP contribution in [0.3, 0.4) is 0 Å². The number of urea groups is 1. The van der Waals surface area contributed by atoms with Crippen LogP contribution in [0.15, 0.2) is 12.7 Å². The van der Waals surface area contributed by atoms with E-state index in [1.165, 1.54) is 15.9 Å². The standard InChI is InChI=1S/C38H60N6O7/c1-12-15-39-32(49)29(47)23(16-21-13-14-21)40-31(48)28-27-22(38(27,10)11)19-44(28)33(50)30(36(5,6)7)42-34(51)41-24(35(2,3)4)20-43-25(45)17-37(8,9)18-26(43)46/h12,21-24,27-28,30H,1,13-20H2,2-11H3,(H,39,49)(H,40,48)(H2,41,42,51)/t22-,23?,24-,27-,28-,30+/m0/s1. The molecular weight excluding hydrogens is 652 g/mol. The van der Waals surface area contributed by atoms with Gasteiger partial charge in [-0.05, 0) is 45.8 Å². The van der Waals surface area contributed by atoms with Crippen molar-refractivity contribution in [2.45, 2.75) is 126 Å². The molecule has 1 unspecified atom stereocenters. The summed E-state index contributed by atoms with van der Waals surface area (Å²) in [7, 11) is 0. The van der Waals surface area contributed by atoms with Crippen molar-refractivity contribution in [3.8, 4) is 0 Å². The van der Waals surface area contributed by atoms with Crippen molar-refractivity contribution in [3.05, 3.63) is 12.7 Å². The van der Waals surface area contributed by atoms with Crippen LogP contribution in [-0.4, -0.2) is 95.0 Å². The largest absolute Gasteiger partial charge is 0.346 e. The zero-order chi connectivity index (χ0) is 38.4. The fraction of sp³-hybridized carbons (Fsp3) is 0.763. The quantitative estimate of drug-likeness (QED) is 0.129. The maximum atomic E-state index is 14.5. The number of likely N-dealkylation sites (tertiary alicyclic amines) is 2. The summed E-state index contributed by atoms with van der Waals surface area (Å²) < 4.78 is 0. The van der Waals surface area contributed by atoms with E-state index in [0.717, 1.165) is 12.8 Å². The Morgan fingerprint density at radius 3 is 2.00 bits per heavy atom. The summed E-state index contributed by atoms with van der Waals surface area (Å²) in [5.74, 6) is -2.86. The molecule has 0 aromatic carbocycles. The molecule has 2 heterocycles. The molecule has 2 saturated carbocycles. The number of imide groups is 1. The molecule has 284 valence electrons. The van der Waals surface area contributed by atoms with E-state index in [9.17, 15) is 33.6 Å². The lowest BCUT2D eigenvalue weighted by Gasteiger charge is -2.40. The highest BCUT2D eigenvalue weighted by Gasteiger charge is 2.70. The third-order valence-electron chi connectivity index (χ3n) is 11.3. The highest BCUT2D eigenvalue weighted by Crippen LogP contribution is 2.65. The smallest absolute Gasteiger partial charge is 0.315 e. The van der Waals surface area contributed by atoms with E-state index in [-0.39, 0.29) is 60.9 Å². The van der Waals surface area contributed by atoms with E-state index in [2.05, 4.69) is 41.7 Å². The summed E-state index contributed by atoms with van der Waals surface area (Å²) in [6, 6.07) is -4.20. The minimum absolute atomic E-state index is 0.00202. The Labute approximate surface area is 302 Å². The Balaban J connectivity index is 1.52. The van der Waals surface area contributed by atoms with Gasteiger partial charge in [-0.3, -0.25) is 33.7 Å². The third-order valence-corrected chi connectivity index (χ3v) is 11.3. The molecule has 4 rings (SSSR count). The lowest BCUT2D eigenvalue weighted by molar-refractivity contribution is -0.153. The molecule has 0 aromatic rings. The number of fused-ring (bicyclic) bond motifs is 1. The second kappa shape index (κ2) is 14.3. The van der Waals surface area contributed by atoms with E-state index >= 15 is 0 Å². The van der Waals surface area contributed by atoms with E-state index in [4.69, 9.17) is 0 Å². The molecule has 0 radical (unpaired) electrons. The average Bonchev–Trinajstić information content (AvgIpc) is 3.84. The van der Waals surface area contributed by atoms with E-state index in [0.29, 0.717) is 13.0 Å². The molecule has 51 heavy (non-hydrogen) atoms. The minimum atomic E-state index is -1.04. The zero-order valence-corrected chi connectivity index (χ0v) is 32.2. The van der Waals surface area contributed by atoms with Crippen LogP contribution in [0.2, 0.25) is 0 Å². The molecule has 13 heteroatoms. The lowest BCUT2D eigenvalue weighted by Crippen LogP contribution is -2.63. The molecule has 7 amide bonds. The van der Waals surface area contributed by atoms with Gasteiger partial charge in [0, 0.05) is 32.5 Å². The van der Waals surface area contributed by atoms with Gasteiger partial charge in [-0.2, -0.15) is 0 Å². The first-order valence-electron chi connectivity index (χ1n) is 18.3. The van der Waals surface area contributed by atoms with Crippen molar-refractivity contribution < 1.29 is 33.6 Å². The predicted octanol–water partition coefficient (Wildman–Crippen LogP) is 2.93. The Hall–Kier alpha value is -3.77. The molecule has 2 aliphatic carbocycles. The van der Waals surface area contributed by atoms with Gasteiger partial charge in [-0.15, -0.1) is 6.58 Å². The number of carbonyl (C=O) groups excluding carboxylic acids is 7. The van der Waals surface area contributed by atoms with Crippen LogP contribution in [0.1, 0.15) is 101 Å². The van der Waals surface area contributed by atoms with Gasteiger partial charge in [-0.1, -0.05) is 88.2 Å². The van der Waals surface area contributed by atoms with Gasteiger partial charge in [0.1, 0.15) is 12.1 Å². The number of hydrogen-bond acceptors (Lipinski definition) is 7. The predicted molar refractivity (Wildman–Crippen MR) is 192 cm³/mol. The van der Waals surface area contributed by atoms with Crippen molar-refractivity contribution in [1.82, 2.24) is 31.1 Å². The van der Waals surface area contributed by atoms with Crippen molar-refractivity contribution in [1.29, 1.82) is 0 Å². The second-order valence-electron chi connectivity index (χ2n) is 18.7. The highest BCUT2D eigenvalue weighted by molar-refractivity contribution is 6.38. The topological polar surface area (TPSA) is 174 Å². The van der Waals surface area contributed by atoms with Gasteiger partial charge in [0.05, 0.1) is 12.1 Å². The molecule has 0 bridgehead atoms. The number of piperidine rings is 2. The fourth-order valence-electron chi connectivity index (χ4n) is 7.68. The summed E-state index contributed by atoms with van der Waals surface area (Å²) >= 11 is 0. The van der Waals surface area contributed by atoms with Gasteiger partial charge in [-0.25, -0.2) is 4.79 Å².